The molecule has 2 aliphatic heterocycles. The van der Waals surface area contributed by atoms with Gasteiger partial charge < -0.3 is 9.64 Å². The van der Waals surface area contributed by atoms with E-state index >= 15 is 0 Å². The first kappa shape index (κ1) is 23.3. The van der Waals surface area contributed by atoms with Crippen LogP contribution < -0.4 is 4.90 Å². The van der Waals surface area contributed by atoms with E-state index in [9.17, 15) is 13.2 Å². The van der Waals surface area contributed by atoms with E-state index in [4.69, 9.17) is 27.9 Å². The average Bonchev–Trinajstić information content (AvgIpc) is 2.95. The predicted octanol–water partition coefficient (Wildman–Crippen LogP) is 4.51. The third-order valence-corrected chi connectivity index (χ3v) is 8.76. The molecule has 2 heterocycles. The van der Waals surface area contributed by atoms with Crippen LogP contribution >= 0.6 is 23.2 Å². The van der Waals surface area contributed by atoms with Crippen LogP contribution in [-0.2, 0) is 20.2 Å². The Balaban J connectivity index is 1.75. The highest BCUT2D eigenvalue weighted by Gasteiger charge is 2.39. The molecule has 0 amide bonds. The molecule has 2 aromatic carbocycles. The Kier molecular flexibility index (Phi) is 6.15. The van der Waals surface area contributed by atoms with Gasteiger partial charge in [-0.15, -0.1) is 0 Å². The first-order chi connectivity index (χ1) is 15.0. The normalized spacial score (nSPS) is 19.9. The molecule has 4 rings (SSSR count). The fourth-order valence-corrected chi connectivity index (χ4v) is 6.55. The summed E-state index contributed by atoms with van der Waals surface area (Å²) in [6.45, 7) is 5.17. The van der Waals surface area contributed by atoms with E-state index in [0.717, 1.165) is 16.9 Å². The molecular formula is C23H24Cl2N2O4S. The molecule has 0 atom stereocenters. The monoisotopic (exact) mass is 494 g/mol. The molecule has 1 saturated heterocycles. The van der Waals surface area contributed by atoms with Crippen molar-refractivity contribution in [3.05, 3.63) is 69.3 Å². The predicted molar refractivity (Wildman–Crippen MR) is 126 cm³/mol. The fraction of sp³-hybridized carbons (Fsp3) is 0.348. The summed E-state index contributed by atoms with van der Waals surface area (Å²) in [4.78, 5) is 15.2. The van der Waals surface area contributed by atoms with Crippen LogP contribution in [0, 0.1) is 0 Å². The second-order valence-electron chi connectivity index (χ2n) is 8.37. The lowest BCUT2D eigenvalue weighted by Crippen LogP contribution is -2.40. The number of carbonyl (C=O) groups is 1. The number of halogens is 2. The summed E-state index contributed by atoms with van der Waals surface area (Å²) < 4.78 is 32.9. The van der Waals surface area contributed by atoms with Crippen molar-refractivity contribution in [3.63, 3.8) is 0 Å². The number of hydrogen-bond donors (Lipinski definition) is 0. The molecule has 1 fully saturated rings. The van der Waals surface area contributed by atoms with Crippen molar-refractivity contribution in [3.8, 4) is 0 Å². The molecule has 32 heavy (non-hydrogen) atoms. The highest BCUT2D eigenvalue weighted by Crippen LogP contribution is 2.46. The molecule has 0 N–H and O–H groups in total. The lowest BCUT2D eigenvalue weighted by molar-refractivity contribution is 0.0730. The van der Waals surface area contributed by atoms with Gasteiger partial charge in [0.2, 0.25) is 10.0 Å². The Morgan fingerprint density at radius 3 is 2.41 bits per heavy atom. The first-order valence-electron chi connectivity index (χ1n) is 10.2. The number of ether oxygens (including phenoxy) is 1. The minimum atomic E-state index is -3.89. The molecule has 170 valence electrons. The molecule has 0 bridgehead atoms. The summed E-state index contributed by atoms with van der Waals surface area (Å²) in [7, 11) is -1.98. The Labute approximate surface area is 198 Å². The number of morpholine rings is 1. The SMILES string of the molecule is CN1/C(=C\C(=O)c2cc(S(=O)(=O)N3CCOCC3)c(Cl)cc2Cl)C(C)(C)c2ccccc21. The van der Waals surface area contributed by atoms with Gasteiger partial charge in [0.25, 0.3) is 0 Å². The lowest BCUT2D eigenvalue weighted by Gasteiger charge is -2.26. The van der Waals surface area contributed by atoms with Crippen molar-refractivity contribution in [2.45, 2.75) is 24.2 Å². The molecule has 0 spiro atoms. The molecule has 0 radical (unpaired) electrons. The van der Waals surface area contributed by atoms with Crippen molar-refractivity contribution in [2.75, 3.05) is 38.3 Å². The maximum atomic E-state index is 13.3. The van der Waals surface area contributed by atoms with Crippen LogP contribution in [0.25, 0.3) is 0 Å². The number of allylic oxidation sites excluding steroid dienone is 2. The van der Waals surface area contributed by atoms with Crippen LogP contribution in [0.15, 0.2) is 53.1 Å². The molecule has 0 saturated carbocycles. The van der Waals surface area contributed by atoms with E-state index in [0.29, 0.717) is 13.2 Å². The second-order valence-corrected chi connectivity index (χ2v) is 11.1. The number of anilines is 1. The summed E-state index contributed by atoms with van der Waals surface area (Å²) in [5, 5.41) is 0.0881. The highest BCUT2D eigenvalue weighted by atomic mass is 35.5. The Morgan fingerprint density at radius 2 is 1.75 bits per heavy atom. The smallest absolute Gasteiger partial charge is 0.244 e. The van der Waals surface area contributed by atoms with E-state index in [2.05, 4.69) is 0 Å². The largest absolute Gasteiger partial charge is 0.379 e. The minimum absolute atomic E-state index is 0.0172. The fourth-order valence-electron chi connectivity index (χ4n) is 4.30. The zero-order chi connectivity index (χ0) is 23.3. The molecule has 0 unspecified atom stereocenters. The first-order valence-corrected chi connectivity index (χ1v) is 12.4. The molecule has 0 aliphatic carbocycles. The van der Waals surface area contributed by atoms with Crippen LogP contribution in [0.3, 0.4) is 0 Å². The Morgan fingerprint density at radius 1 is 1.09 bits per heavy atom. The van der Waals surface area contributed by atoms with Crippen LogP contribution in [0.5, 0.6) is 0 Å². The summed E-state index contributed by atoms with van der Waals surface area (Å²) >= 11 is 12.6. The van der Waals surface area contributed by atoms with Gasteiger partial charge in [0.15, 0.2) is 5.78 Å². The van der Waals surface area contributed by atoms with Crippen LogP contribution in [0.2, 0.25) is 10.0 Å². The number of nitrogens with zero attached hydrogens (tertiary/aromatic N) is 2. The van der Waals surface area contributed by atoms with Crippen molar-refractivity contribution >= 4 is 44.7 Å². The van der Waals surface area contributed by atoms with Crippen LogP contribution in [0.4, 0.5) is 5.69 Å². The Hall–Kier alpha value is -1.90. The van der Waals surface area contributed by atoms with E-state index in [1.165, 1.54) is 22.5 Å². The zero-order valence-electron chi connectivity index (χ0n) is 18.1. The summed E-state index contributed by atoms with van der Waals surface area (Å²) in [6, 6.07) is 10.6. The highest BCUT2D eigenvalue weighted by molar-refractivity contribution is 7.89. The number of benzene rings is 2. The summed E-state index contributed by atoms with van der Waals surface area (Å²) in [5.41, 5.74) is 2.62. The standard InChI is InChI=1S/C23H24Cl2N2O4S/c1-23(2)16-6-4-5-7-19(16)26(3)22(23)14-20(28)15-12-21(18(25)13-17(15)24)32(29,30)27-8-10-31-11-9-27/h4-7,12-14H,8-11H2,1-3H3/b22-14-. The van der Waals surface area contributed by atoms with Crippen LogP contribution in [-0.4, -0.2) is 51.9 Å². The quantitative estimate of drug-likeness (QED) is 0.462. The number of carbonyl (C=O) groups excluding carboxylic acids is 1. The van der Waals surface area contributed by atoms with Gasteiger partial charge in [-0.05, 0) is 23.8 Å². The number of rotatable bonds is 4. The topological polar surface area (TPSA) is 66.9 Å². The molecular weight excluding hydrogens is 471 g/mol. The summed E-state index contributed by atoms with van der Waals surface area (Å²) in [6.07, 6.45) is 1.53. The van der Waals surface area contributed by atoms with Gasteiger partial charge in [-0.1, -0.05) is 55.2 Å². The van der Waals surface area contributed by atoms with Crippen molar-refractivity contribution in [1.29, 1.82) is 0 Å². The number of ketones is 1. The average molecular weight is 495 g/mol. The van der Waals surface area contributed by atoms with E-state index in [1.54, 1.807) is 0 Å². The molecule has 9 heteroatoms. The molecule has 2 aromatic rings. The molecule has 6 nitrogen and oxygen atoms in total. The molecule has 2 aliphatic rings. The summed E-state index contributed by atoms with van der Waals surface area (Å²) in [5.74, 6) is -0.382. The number of hydrogen-bond acceptors (Lipinski definition) is 5. The van der Waals surface area contributed by atoms with Crippen molar-refractivity contribution < 1.29 is 17.9 Å². The number of likely N-dealkylation sites (N-methyl/N-ethyl adjacent to an activating group) is 1. The maximum Gasteiger partial charge on any atom is 0.244 e. The third kappa shape index (κ3) is 3.86. The van der Waals surface area contributed by atoms with E-state index in [-0.39, 0.29) is 39.4 Å². The number of fused-ring (bicyclic) bond motifs is 1. The third-order valence-electron chi connectivity index (χ3n) is 6.08. The van der Waals surface area contributed by atoms with Gasteiger partial charge in [-0.3, -0.25) is 4.79 Å². The zero-order valence-corrected chi connectivity index (χ0v) is 20.4. The van der Waals surface area contributed by atoms with Gasteiger partial charge >= 0.3 is 0 Å². The van der Waals surface area contributed by atoms with E-state index < -0.39 is 15.4 Å². The van der Waals surface area contributed by atoms with Gasteiger partial charge in [-0.2, -0.15) is 4.31 Å². The second kappa shape index (κ2) is 8.47. The van der Waals surface area contributed by atoms with Gasteiger partial charge in [0.1, 0.15) is 4.90 Å². The number of sulfonamides is 1. The van der Waals surface area contributed by atoms with Crippen molar-refractivity contribution in [2.24, 2.45) is 0 Å². The lowest BCUT2D eigenvalue weighted by atomic mass is 9.83. The number of para-hydroxylation sites is 1. The maximum absolute atomic E-state index is 13.3. The minimum Gasteiger partial charge on any atom is -0.379 e. The van der Waals surface area contributed by atoms with Gasteiger partial charge in [0, 0.05) is 48.6 Å². The van der Waals surface area contributed by atoms with Gasteiger partial charge in [0.05, 0.1) is 23.3 Å². The Bertz CT molecular complexity index is 1220. The van der Waals surface area contributed by atoms with Gasteiger partial charge in [-0.25, -0.2) is 8.42 Å². The van der Waals surface area contributed by atoms with Crippen molar-refractivity contribution in [1.82, 2.24) is 4.31 Å². The van der Waals surface area contributed by atoms with Crippen LogP contribution in [0.1, 0.15) is 29.8 Å². The van der Waals surface area contributed by atoms with E-state index in [1.807, 2.05) is 50.1 Å². The molecule has 0 aromatic heterocycles.